The van der Waals surface area contributed by atoms with Crippen molar-refractivity contribution in [1.29, 1.82) is 0 Å². The zero-order valence-electron chi connectivity index (χ0n) is 17.2. The largest absolute Gasteiger partial charge is 0.465 e. The van der Waals surface area contributed by atoms with Crippen LogP contribution in [0.5, 0.6) is 0 Å². The smallest absolute Gasteiger partial charge is 0.412 e. The Morgan fingerprint density at radius 2 is 1.73 bits per heavy atom. The first-order valence-corrected chi connectivity index (χ1v) is 9.49. The predicted molar refractivity (Wildman–Crippen MR) is 116 cm³/mol. The molecule has 0 saturated heterocycles. The fourth-order valence-electron chi connectivity index (χ4n) is 3.05. The molecular weight excluding hydrogens is 382 g/mol. The number of carbonyl (C=O) groups is 2. The fourth-order valence-corrected chi connectivity index (χ4v) is 3.05. The van der Waals surface area contributed by atoms with Crippen LogP contribution in [0.2, 0.25) is 0 Å². The lowest BCUT2D eigenvalue weighted by Crippen LogP contribution is -2.45. The summed E-state index contributed by atoms with van der Waals surface area (Å²) in [6.45, 7) is 5.71. The molecule has 0 saturated carbocycles. The molecule has 0 atom stereocenters. The second-order valence-corrected chi connectivity index (χ2v) is 7.79. The van der Waals surface area contributed by atoms with E-state index in [0.29, 0.717) is 12.1 Å². The van der Waals surface area contributed by atoms with Gasteiger partial charge < -0.3 is 16.2 Å². The molecule has 4 N–H and O–H groups in total. The molecule has 30 heavy (non-hydrogen) atoms. The highest BCUT2D eigenvalue weighted by atomic mass is 16.4. The van der Waals surface area contributed by atoms with Crippen LogP contribution in [0.15, 0.2) is 60.8 Å². The van der Waals surface area contributed by atoms with Gasteiger partial charge in [-0.3, -0.25) is 9.69 Å². The summed E-state index contributed by atoms with van der Waals surface area (Å²) in [5.41, 5.74) is 7.21. The minimum Gasteiger partial charge on any atom is -0.465 e. The highest BCUT2D eigenvalue weighted by Crippen LogP contribution is 2.32. The van der Waals surface area contributed by atoms with Crippen molar-refractivity contribution in [2.24, 2.45) is 5.73 Å². The number of para-hydroxylation sites is 1. The molecule has 2 amide bonds. The summed E-state index contributed by atoms with van der Waals surface area (Å²) >= 11 is 0. The molecule has 8 nitrogen and oxygen atoms in total. The van der Waals surface area contributed by atoms with E-state index in [-0.39, 0.29) is 11.5 Å². The molecule has 1 heterocycles. The number of nitrogens with two attached hydrogens (primary N) is 1. The molecule has 0 aliphatic rings. The molecule has 0 unspecified atom stereocenters. The summed E-state index contributed by atoms with van der Waals surface area (Å²) in [6, 6.07) is 16.2. The first-order valence-electron chi connectivity index (χ1n) is 9.49. The van der Waals surface area contributed by atoms with Gasteiger partial charge in [0.05, 0.1) is 11.9 Å². The number of hydrogen-bond acceptors (Lipinski definition) is 4. The molecule has 8 heteroatoms. The SMILES string of the molecule is CC(C)(C)N(C(=O)O)c1cn(-c2ccccc2)nc1NC(=O)c1ccc(CN)cc1. The van der Waals surface area contributed by atoms with Gasteiger partial charge in [0.15, 0.2) is 5.82 Å². The fraction of sp³-hybridized carbons (Fsp3) is 0.227. The Hall–Kier alpha value is -3.65. The Labute approximate surface area is 174 Å². The van der Waals surface area contributed by atoms with Crippen LogP contribution < -0.4 is 16.0 Å². The number of nitrogens with one attached hydrogen (secondary N) is 1. The number of carboxylic acid groups (broad SMARTS) is 1. The topological polar surface area (TPSA) is 113 Å². The Morgan fingerprint density at radius 1 is 1.10 bits per heavy atom. The third kappa shape index (κ3) is 4.49. The Morgan fingerprint density at radius 3 is 2.27 bits per heavy atom. The second kappa shape index (κ2) is 8.38. The Bertz CT molecular complexity index is 1040. The van der Waals surface area contributed by atoms with E-state index in [1.165, 1.54) is 4.90 Å². The monoisotopic (exact) mass is 407 g/mol. The number of amides is 2. The van der Waals surface area contributed by atoms with Crippen molar-refractivity contribution in [3.63, 3.8) is 0 Å². The van der Waals surface area contributed by atoms with Gasteiger partial charge in [-0.05, 0) is 50.6 Å². The van der Waals surface area contributed by atoms with Crippen LogP contribution in [-0.4, -0.2) is 32.4 Å². The van der Waals surface area contributed by atoms with E-state index in [0.717, 1.165) is 11.3 Å². The molecule has 0 spiro atoms. The van der Waals surface area contributed by atoms with Gasteiger partial charge in [0.2, 0.25) is 0 Å². The summed E-state index contributed by atoms with van der Waals surface area (Å²) in [7, 11) is 0. The first-order chi connectivity index (χ1) is 14.2. The van der Waals surface area contributed by atoms with Gasteiger partial charge in [0.25, 0.3) is 5.91 Å². The summed E-state index contributed by atoms with van der Waals surface area (Å²) in [5.74, 6) is -0.235. The quantitative estimate of drug-likeness (QED) is 0.594. The van der Waals surface area contributed by atoms with E-state index < -0.39 is 17.5 Å². The maximum Gasteiger partial charge on any atom is 0.412 e. The maximum absolute atomic E-state index is 12.8. The summed E-state index contributed by atoms with van der Waals surface area (Å²) in [4.78, 5) is 26.0. The van der Waals surface area contributed by atoms with Crippen molar-refractivity contribution in [3.05, 3.63) is 71.9 Å². The molecule has 2 aromatic carbocycles. The van der Waals surface area contributed by atoms with Gasteiger partial charge in [-0.15, -0.1) is 5.10 Å². The maximum atomic E-state index is 12.8. The molecule has 3 aromatic rings. The van der Waals surface area contributed by atoms with Crippen LogP contribution in [0, 0.1) is 0 Å². The van der Waals surface area contributed by atoms with Crippen molar-refractivity contribution < 1.29 is 14.7 Å². The summed E-state index contributed by atoms with van der Waals surface area (Å²) in [6.07, 6.45) is 0.458. The number of benzene rings is 2. The average molecular weight is 407 g/mol. The number of aromatic nitrogens is 2. The van der Waals surface area contributed by atoms with Crippen molar-refractivity contribution in [2.75, 3.05) is 10.2 Å². The van der Waals surface area contributed by atoms with Crippen molar-refractivity contribution >= 4 is 23.5 Å². The number of anilines is 2. The molecule has 3 rings (SSSR count). The lowest BCUT2D eigenvalue weighted by atomic mass is 10.1. The Balaban J connectivity index is 2.03. The molecule has 1 aromatic heterocycles. The third-order valence-corrected chi connectivity index (χ3v) is 4.50. The number of hydrogen-bond donors (Lipinski definition) is 3. The molecule has 156 valence electrons. The van der Waals surface area contributed by atoms with Gasteiger partial charge in [0.1, 0.15) is 5.69 Å². The highest BCUT2D eigenvalue weighted by molar-refractivity contribution is 6.06. The van der Waals surface area contributed by atoms with Crippen LogP contribution in [0.25, 0.3) is 5.69 Å². The van der Waals surface area contributed by atoms with E-state index in [9.17, 15) is 14.7 Å². The lowest BCUT2D eigenvalue weighted by Gasteiger charge is -2.32. The first kappa shape index (κ1) is 21.1. The van der Waals surface area contributed by atoms with Gasteiger partial charge in [-0.25, -0.2) is 9.48 Å². The molecule has 0 radical (unpaired) electrons. The second-order valence-electron chi connectivity index (χ2n) is 7.79. The predicted octanol–water partition coefficient (Wildman–Crippen LogP) is 3.87. The minimum atomic E-state index is -1.14. The lowest BCUT2D eigenvalue weighted by molar-refractivity contribution is 0.102. The van der Waals surface area contributed by atoms with Gasteiger partial charge in [-0.1, -0.05) is 30.3 Å². The van der Waals surface area contributed by atoms with Gasteiger partial charge >= 0.3 is 6.09 Å². The van der Waals surface area contributed by atoms with E-state index in [2.05, 4.69) is 10.4 Å². The van der Waals surface area contributed by atoms with Crippen molar-refractivity contribution in [2.45, 2.75) is 32.9 Å². The minimum absolute atomic E-state index is 0.157. The number of nitrogens with zero attached hydrogens (tertiary/aromatic N) is 3. The number of rotatable bonds is 5. The van der Waals surface area contributed by atoms with Crippen LogP contribution in [0.4, 0.5) is 16.3 Å². The standard InChI is InChI=1S/C22H25N5O3/c1-22(2,3)27(21(29)30)18-14-26(17-7-5-4-6-8-17)25-19(18)24-20(28)16-11-9-15(13-23)10-12-16/h4-12,14H,13,23H2,1-3H3,(H,29,30)(H,24,25,28). The third-order valence-electron chi connectivity index (χ3n) is 4.50. The normalized spacial score (nSPS) is 11.2. The molecule has 0 bridgehead atoms. The van der Waals surface area contributed by atoms with E-state index in [1.807, 2.05) is 30.3 Å². The zero-order valence-corrected chi connectivity index (χ0v) is 17.2. The van der Waals surface area contributed by atoms with Gasteiger partial charge in [-0.2, -0.15) is 0 Å². The summed E-state index contributed by atoms with van der Waals surface area (Å²) in [5, 5.41) is 17.1. The zero-order chi connectivity index (χ0) is 21.9. The Kier molecular flexibility index (Phi) is 5.89. The average Bonchev–Trinajstić information content (AvgIpc) is 3.10. The van der Waals surface area contributed by atoms with Crippen LogP contribution in [-0.2, 0) is 6.54 Å². The number of carbonyl (C=O) groups excluding carboxylic acids is 1. The molecule has 0 aliphatic carbocycles. The van der Waals surface area contributed by atoms with E-state index in [4.69, 9.17) is 5.73 Å². The van der Waals surface area contributed by atoms with Crippen LogP contribution in [0.3, 0.4) is 0 Å². The van der Waals surface area contributed by atoms with Crippen LogP contribution in [0.1, 0.15) is 36.7 Å². The van der Waals surface area contributed by atoms with Crippen molar-refractivity contribution in [3.8, 4) is 5.69 Å². The van der Waals surface area contributed by atoms with Gasteiger partial charge in [0, 0.05) is 17.6 Å². The van der Waals surface area contributed by atoms with Crippen LogP contribution >= 0.6 is 0 Å². The molecule has 0 fully saturated rings. The van der Waals surface area contributed by atoms with E-state index >= 15 is 0 Å². The van der Waals surface area contributed by atoms with E-state index in [1.54, 1.807) is 55.9 Å². The molecular formula is C22H25N5O3. The highest BCUT2D eigenvalue weighted by Gasteiger charge is 2.32. The van der Waals surface area contributed by atoms with Crippen molar-refractivity contribution in [1.82, 2.24) is 9.78 Å². The summed E-state index contributed by atoms with van der Waals surface area (Å²) < 4.78 is 1.55. The molecule has 0 aliphatic heterocycles.